The Bertz CT molecular complexity index is 866. The summed E-state index contributed by atoms with van der Waals surface area (Å²) < 4.78 is 5.45. The van der Waals surface area contributed by atoms with Gasteiger partial charge in [-0.25, -0.2) is 9.97 Å². The van der Waals surface area contributed by atoms with Gasteiger partial charge in [0.25, 0.3) is 0 Å². The van der Waals surface area contributed by atoms with Gasteiger partial charge in [-0.2, -0.15) is 0 Å². The third-order valence-electron chi connectivity index (χ3n) is 4.77. The molecule has 3 aromatic rings. The predicted molar refractivity (Wildman–Crippen MR) is 111 cm³/mol. The van der Waals surface area contributed by atoms with E-state index in [0.29, 0.717) is 0 Å². The highest BCUT2D eigenvalue weighted by molar-refractivity contribution is 7.99. The Labute approximate surface area is 165 Å². The van der Waals surface area contributed by atoms with E-state index in [0.717, 1.165) is 73.2 Å². The quantitative estimate of drug-likeness (QED) is 0.350. The fraction of sp³-hybridized carbons (Fsp3) is 0.364. The second kappa shape index (κ2) is 9.31. The lowest BCUT2D eigenvalue weighted by atomic mass is 10.1. The van der Waals surface area contributed by atoms with Crippen LogP contribution in [0.2, 0.25) is 0 Å². The molecule has 1 aliphatic heterocycles. The first-order valence-corrected chi connectivity index (χ1v) is 10.6. The Morgan fingerprint density at radius 2 is 1.70 bits per heavy atom. The molecule has 0 saturated carbocycles. The average molecular weight is 380 g/mol. The number of para-hydroxylation sites is 1. The second-order valence-electron chi connectivity index (χ2n) is 6.79. The summed E-state index contributed by atoms with van der Waals surface area (Å²) in [4.78, 5) is 12.1. The maximum atomic E-state index is 5.45. The van der Waals surface area contributed by atoms with Gasteiger partial charge in [-0.3, -0.25) is 4.90 Å². The van der Waals surface area contributed by atoms with E-state index in [1.165, 1.54) is 5.56 Å². The first-order valence-electron chi connectivity index (χ1n) is 9.61. The van der Waals surface area contributed by atoms with Crippen molar-refractivity contribution in [2.24, 2.45) is 0 Å². The van der Waals surface area contributed by atoms with Crippen LogP contribution in [0.15, 0.2) is 59.6 Å². The zero-order chi connectivity index (χ0) is 18.3. The van der Waals surface area contributed by atoms with E-state index in [2.05, 4.69) is 59.5 Å². The molecule has 0 unspecified atom stereocenters. The summed E-state index contributed by atoms with van der Waals surface area (Å²) in [5.41, 5.74) is 2.44. The van der Waals surface area contributed by atoms with E-state index < -0.39 is 0 Å². The SMILES string of the molecule is c1ccc(CCCSc2nc(CN3CCOCC3)nc3ccccc23)cc1. The minimum atomic E-state index is 0.797. The number of benzene rings is 2. The van der Waals surface area contributed by atoms with Gasteiger partial charge in [-0.1, -0.05) is 48.5 Å². The molecule has 0 atom stereocenters. The molecule has 4 nitrogen and oxygen atoms in total. The molecular weight excluding hydrogens is 354 g/mol. The van der Waals surface area contributed by atoms with Crippen molar-refractivity contribution in [2.45, 2.75) is 24.4 Å². The molecule has 2 aromatic carbocycles. The lowest BCUT2D eigenvalue weighted by Crippen LogP contribution is -2.36. The smallest absolute Gasteiger partial charge is 0.144 e. The van der Waals surface area contributed by atoms with Crippen molar-refractivity contribution in [3.63, 3.8) is 0 Å². The zero-order valence-electron chi connectivity index (χ0n) is 15.5. The minimum absolute atomic E-state index is 0.797. The highest BCUT2D eigenvalue weighted by Crippen LogP contribution is 2.26. The van der Waals surface area contributed by atoms with Crippen molar-refractivity contribution in [3.05, 3.63) is 66.0 Å². The third kappa shape index (κ3) is 5.06. The topological polar surface area (TPSA) is 38.2 Å². The van der Waals surface area contributed by atoms with Crippen molar-refractivity contribution < 1.29 is 4.74 Å². The van der Waals surface area contributed by atoms with Crippen LogP contribution in [0.3, 0.4) is 0 Å². The second-order valence-corrected chi connectivity index (χ2v) is 7.87. The normalized spacial score (nSPS) is 15.3. The molecule has 140 valence electrons. The highest BCUT2D eigenvalue weighted by atomic mass is 32.2. The summed E-state index contributed by atoms with van der Waals surface area (Å²) in [6.45, 7) is 4.31. The fourth-order valence-electron chi connectivity index (χ4n) is 3.32. The van der Waals surface area contributed by atoms with Gasteiger partial charge in [0.1, 0.15) is 10.9 Å². The molecule has 5 heteroatoms. The van der Waals surface area contributed by atoms with E-state index in [-0.39, 0.29) is 0 Å². The van der Waals surface area contributed by atoms with Gasteiger partial charge in [0.15, 0.2) is 0 Å². The number of hydrogen-bond acceptors (Lipinski definition) is 5. The lowest BCUT2D eigenvalue weighted by Gasteiger charge is -2.25. The Morgan fingerprint density at radius 1 is 0.926 bits per heavy atom. The molecule has 0 aliphatic carbocycles. The molecule has 2 heterocycles. The Balaban J connectivity index is 1.44. The minimum Gasteiger partial charge on any atom is -0.379 e. The standard InChI is InChI=1S/C22H25N3OS/c1-2-7-18(8-3-1)9-6-16-27-22-19-10-4-5-11-20(19)23-21(24-22)17-25-12-14-26-15-13-25/h1-5,7-8,10-11H,6,9,12-17H2. The van der Waals surface area contributed by atoms with Gasteiger partial charge in [-0.05, 0) is 30.2 Å². The Hall–Kier alpha value is -1.95. The number of hydrogen-bond donors (Lipinski definition) is 0. The Morgan fingerprint density at radius 3 is 2.56 bits per heavy atom. The van der Waals surface area contributed by atoms with Crippen LogP contribution in [0.5, 0.6) is 0 Å². The molecule has 0 radical (unpaired) electrons. The summed E-state index contributed by atoms with van der Waals surface area (Å²) in [7, 11) is 0. The Kier molecular flexibility index (Phi) is 6.35. The van der Waals surface area contributed by atoms with Crippen LogP contribution < -0.4 is 0 Å². The number of rotatable bonds is 7. The number of fused-ring (bicyclic) bond motifs is 1. The fourth-order valence-corrected chi connectivity index (χ4v) is 4.30. The first-order chi connectivity index (χ1) is 13.4. The van der Waals surface area contributed by atoms with E-state index in [1.54, 1.807) is 0 Å². The maximum absolute atomic E-state index is 5.45. The van der Waals surface area contributed by atoms with Crippen molar-refractivity contribution >= 4 is 22.7 Å². The average Bonchev–Trinajstić information content (AvgIpc) is 2.72. The van der Waals surface area contributed by atoms with Crippen molar-refractivity contribution in [3.8, 4) is 0 Å². The van der Waals surface area contributed by atoms with Crippen molar-refractivity contribution in [1.29, 1.82) is 0 Å². The van der Waals surface area contributed by atoms with Gasteiger partial charge >= 0.3 is 0 Å². The number of ether oxygens (including phenoxy) is 1. The number of aromatic nitrogens is 2. The molecule has 1 fully saturated rings. The van der Waals surface area contributed by atoms with Crippen LogP contribution in [0, 0.1) is 0 Å². The molecule has 1 aliphatic rings. The monoisotopic (exact) mass is 379 g/mol. The summed E-state index contributed by atoms with van der Waals surface area (Å²) in [5, 5.41) is 2.27. The van der Waals surface area contributed by atoms with Crippen molar-refractivity contribution in [1.82, 2.24) is 14.9 Å². The van der Waals surface area contributed by atoms with Crippen LogP contribution in [-0.4, -0.2) is 46.9 Å². The lowest BCUT2D eigenvalue weighted by molar-refractivity contribution is 0.0330. The third-order valence-corrected chi connectivity index (χ3v) is 5.85. The summed E-state index contributed by atoms with van der Waals surface area (Å²) >= 11 is 1.85. The van der Waals surface area contributed by atoms with Gasteiger partial charge in [0, 0.05) is 18.5 Å². The summed E-state index contributed by atoms with van der Waals surface area (Å²) in [6, 6.07) is 19.0. The molecule has 0 amide bonds. The molecule has 1 aromatic heterocycles. The van der Waals surface area contributed by atoms with Gasteiger partial charge < -0.3 is 4.74 Å². The predicted octanol–water partition coefficient (Wildman–Crippen LogP) is 4.19. The van der Waals surface area contributed by atoms with E-state index in [9.17, 15) is 0 Å². The van der Waals surface area contributed by atoms with Crippen LogP contribution in [-0.2, 0) is 17.7 Å². The molecule has 0 bridgehead atoms. The summed E-state index contributed by atoms with van der Waals surface area (Å²) in [5.74, 6) is 1.98. The molecule has 0 spiro atoms. The number of morpholine rings is 1. The summed E-state index contributed by atoms with van der Waals surface area (Å²) in [6.07, 6.45) is 2.25. The van der Waals surface area contributed by atoms with E-state index in [1.807, 2.05) is 11.8 Å². The van der Waals surface area contributed by atoms with Crippen LogP contribution in [0.25, 0.3) is 10.9 Å². The number of nitrogens with zero attached hydrogens (tertiary/aromatic N) is 3. The van der Waals surface area contributed by atoms with E-state index >= 15 is 0 Å². The molecule has 1 saturated heterocycles. The zero-order valence-corrected chi connectivity index (χ0v) is 16.3. The van der Waals surface area contributed by atoms with Gasteiger partial charge in [0.05, 0.1) is 25.3 Å². The van der Waals surface area contributed by atoms with Crippen LogP contribution in [0.1, 0.15) is 17.8 Å². The van der Waals surface area contributed by atoms with Crippen molar-refractivity contribution in [2.75, 3.05) is 32.1 Å². The molecular formula is C22H25N3OS. The number of thioether (sulfide) groups is 1. The molecule has 27 heavy (non-hydrogen) atoms. The largest absolute Gasteiger partial charge is 0.379 e. The molecule has 4 rings (SSSR count). The maximum Gasteiger partial charge on any atom is 0.144 e. The van der Waals surface area contributed by atoms with E-state index in [4.69, 9.17) is 14.7 Å². The van der Waals surface area contributed by atoms with Gasteiger partial charge in [-0.15, -0.1) is 11.8 Å². The highest BCUT2D eigenvalue weighted by Gasteiger charge is 2.14. The van der Waals surface area contributed by atoms with Crippen LogP contribution >= 0.6 is 11.8 Å². The molecule has 0 N–H and O–H groups in total. The van der Waals surface area contributed by atoms with Gasteiger partial charge in [0.2, 0.25) is 0 Å². The number of aryl methyl sites for hydroxylation is 1. The van der Waals surface area contributed by atoms with Crippen LogP contribution in [0.4, 0.5) is 0 Å². The first kappa shape index (κ1) is 18.4.